The molecule has 0 aliphatic heterocycles. The van der Waals surface area contributed by atoms with E-state index in [1.807, 2.05) is 42.5 Å². The number of fused-ring (bicyclic) bond motifs is 1. The highest BCUT2D eigenvalue weighted by Gasteiger charge is 2.15. The largest absolute Gasteiger partial charge is 0.483 e. The van der Waals surface area contributed by atoms with Gasteiger partial charge in [0.15, 0.2) is 6.61 Å². The summed E-state index contributed by atoms with van der Waals surface area (Å²) in [5.74, 6) is 1.46. The molecular weight excluding hydrogens is 342 g/mol. The lowest BCUT2D eigenvalue weighted by molar-refractivity contribution is -0.123. The first kappa shape index (κ1) is 17.3. The standard InChI is InChI=1S/C21H21N3O3/c25-19(14-26-18-12-6-10-15-7-4-5-11-17(15)18)22-13-20-23-21(24-27-20)16-8-2-1-3-9-16/h1-3,6,8-10,12H,4-5,7,11,13-14H2,(H,22,25). The van der Waals surface area contributed by atoms with E-state index in [1.54, 1.807) is 0 Å². The molecule has 1 aliphatic carbocycles. The maximum atomic E-state index is 12.1. The van der Waals surface area contributed by atoms with Gasteiger partial charge in [-0.2, -0.15) is 4.98 Å². The van der Waals surface area contributed by atoms with Crippen molar-refractivity contribution in [2.24, 2.45) is 0 Å². The van der Waals surface area contributed by atoms with Gasteiger partial charge in [-0.15, -0.1) is 0 Å². The lowest BCUT2D eigenvalue weighted by atomic mass is 9.91. The molecule has 0 radical (unpaired) electrons. The first-order valence-electron chi connectivity index (χ1n) is 9.18. The van der Waals surface area contributed by atoms with Gasteiger partial charge in [-0.25, -0.2) is 0 Å². The van der Waals surface area contributed by atoms with Gasteiger partial charge in [-0.05, 0) is 42.9 Å². The molecule has 0 bridgehead atoms. The number of benzene rings is 2. The minimum absolute atomic E-state index is 0.0316. The van der Waals surface area contributed by atoms with Crippen LogP contribution in [0.1, 0.15) is 29.9 Å². The summed E-state index contributed by atoms with van der Waals surface area (Å²) in [6.07, 6.45) is 4.48. The van der Waals surface area contributed by atoms with Crippen molar-refractivity contribution in [3.05, 3.63) is 65.5 Å². The van der Waals surface area contributed by atoms with Crippen molar-refractivity contribution in [3.63, 3.8) is 0 Å². The molecule has 1 heterocycles. The zero-order valence-electron chi connectivity index (χ0n) is 15.0. The maximum Gasteiger partial charge on any atom is 0.258 e. The van der Waals surface area contributed by atoms with Crippen molar-refractivity contribution >= 4 is 5.91 Å². The number of hydrogen-bond acceptors (Lipinski definition) is 5. The second kappa shape index (κ2) is 8.03. The van der Waals surface area contributed by atoms with Gasteiger partial charge in [0.25, 0.3) is 5.91 Å². The van der Waals surface area contributed by atoms with Crippen LogP contribution in [0.5, 0.6) is 5.75 Å². The molecule has 0 atom stereocenters. The second-order valence-electron chi connectivity index (χ2n) is 6.54. The Balaban J connectivity index is 1.30. The average molecular weight is 363 g/mol. The van der Waals surface area contributed by atoms with Crippen LogP contribution in [0.15, 0.2) is 53.1 Å². The van der Waals surface area contributed by atoms with E-state index in [0.717, 1.165) is 24.2 Å². The second-order valence-corrected chi connectivity index (χ2v) is 6.54. The topological polar surface area (TPSA) is 77.2 Å². The van der Waals surface area contributed by atoms with E-state index in [1.165, 1.54) is 24.0 Å². The molecule has 2 aromatic carbocycles. The number of aromatic nitrogens is 2. The Morgan fingerprint density at radius 3 is 2.81 bits per heavy atom. The van der Waals surface area contributed by atoms with Gasteiger partial charge < -0.3 is 14.6 Å². The highest BCUT2D eigenvalue weighted by atomic mass is 16.5. The molecule has 1 aliphatic rings. The maximum absolute atomic E-state index is 12.1. The monoisotopic (exact) mass is 363 g/mol. The molecule has 6 nitrogen and oxygen atoms in total. The fraction of sp³-hybridized carbons (Fsp3) is 0.286. The van der Waals surface area contributed by atoms with Crippen molar-refractivity contribution in [1.82, 2.24) is 15.5 Å². The highest BCUT2D eigenvalue weighted by molar-refractivity contribution is 5.77. The first-order chi connectivity index (χ1) is 13.3. The Morgan fingerprint density at radius 1 is 1.07 bits per heavy atom. The van der Waals surface area contributed by atoms with E-state index in [4.69, 9.17) is 9.26 Å². The van der Waals surface area contributed by atoms with Crippen LogP contribution in [0.2, 0.25) is 0 Å². The number of nitrogens with zero attached hydrogens (tertiary/aromatic N) is 2. The molecular formula is C21H21N3O3. The summed E-state index contributed by atoms with van der Waals surface area (Å²) in [6, 6.07) is 15.6. The van der Waals surface area contributed by atoms with Crippen LogP contribution in [0.3, 0.4) is 0 Å². The van der Waals surface area contributed by atoms with E-state index < -0.39 is 0 Å². The number of amides is 1. The number of carbonyl (C=O) groups excluding carboxylic acids is 1. The van der Waals surface area contributed by atoms with Gasteiger partial charge in [0, 0.05) is 5.56 Å². The predicted molar refractivity (Wildman–Crippen MR) is 100 cm³/mol. The van der Waals surface area contributed by atoms with Crippen LogP contribution in [0, 0.1) is 0 Å². The molecule has 4 rings (SSSR count). The summed E-state index contributed by atoms with van der Waals surface area (Å²) < 4.78 is 10.9. The number of carbonyl (C=O) groups is 1. The third kappa shape index (κ3) is 4.16. The van der Waals surface area contributed by atoms with Gasteiger partial charge in [0.2, 0.25) is 11.7 Å². The molecule has 0 unspecified atom stereocenters. The minimum atomic E-state index is -0.220. The van der Waals surface area contributed by atoms with Crippen molar-refractivity contribution < 1.29 is 14.1 Å². The fourth-order valence-corrected chi connectivity index (χ4v) is 3.28. The Kier molecular flexibility index (Phi) is 5.14. The van der Waals surface area contributed by atoms with Crippen molar-refractivity contribution in [2.45, 2.75) is 32.2 Å². The van der Waals surface area contributed by atoms with Crippen molar-refractivity contribution in [2.75, 3.05) is 6.61 Å². The Bertz CT molecular complexity index is 921. The Hall–Kier alpha value is -3.15. The van der Waals surface area contributed by atoms with Crippen LogP contribution in [-0.2, 0) is 24.2 Å². The van der Waals surface area contributed by atoms with E-state index in [-0.39, 0.29) is 19.1 Å². The van der Waals surface area contributed by atoms with Gasteiger partial charge in [0.1, 0.15) is 5.75 Å². The van der Waals surface area contributed by atoms with Crippen LogP contribution in [0.4, 0.5) is 0 Å². The quantitative estimate of drug-likeness (QED) is 0.727. The fourth-order valence-electron chi connectivity index (χ4n) is 3.28. The highest BCUT2D eigenvalue weighted by Crippen LogP contribution is 2.29. The smallest absolute Gasteiger partial charge is 0.258 e. The molecule has 0 fully saturated rings. The Labute approximate surface area is 157 Å². The third-order valence-corrected chi connectivity index (χ3v) is 4.65. The van der Waals surface area contributed by atoms with E-state index in [9.17, 15) is 4.79 Å². The van der Waals surface area contributed by atoms with Gasteiger partial charge in [-0.3, -0.25) is 4.79 Å². The summed E-state index contributed by atoms with van der Waals surface area (Å²) in [5, 5.41) is 6.69. The lowest BCUT2D eigenvalue weighted by Gasteiger charge is -2.19. The molecule has 6 heteroatoms. The first-order valence-corrected chi connectivity index (χ1v) is 9.18. The van der Waals surface area contributed by atoms with Crippen molar-refractivity contribution in [1.29, 1.82) is 0 Å². The SMILES string of the molecule is O=C(COc1cccc2c1CCCC2)NCc1nc(-c2ccccc2)no1. The minimum Gasteiger partial charge on any atom is -0.483 e. The van der Waals surface area contributed by atoms with Crippen molar-refractivity contribution in [3.8, 4) is 17.1 Å². The molecule has 0 spiro atoms. The third-order valence-electron chi connectivity index (χ3n) is 4.65. The zero-order valence-corrected chi connectivity index (χ0v) is 15.0. The van der Waals surface area contributed by atoms with Crippen LogP contribution >= 0.6 is 0 Å². The van der Waals surface area contributed by atoms with Gasteiger partial charge in [-0.1, -0.05) is 47.6 Å². The van der Waals surface area contributed by atoms with Crippen LogP contribution in [0.25, 0.3) is 11.4 Å². The zero-order chi connectivity index (χ0) is 18.5. The molecule has 27 heavy (non-hydrogen) atoms. The Morgan fingerprint density at radius 2 is 1.93 bits per heavy atom. The number of ether oxygens (including phenoxy) is 1. The van der Waals surface area contributed by atoms with E-state index in [2.05, 4.69) is 21.5 Å². The number of nitrogens with one attached hydrogen (secondary N) is 1. The predicted octanol–water partition coefficient (Wildman–Crippen LogP) is 3.31. The molecule has 1 N–H and O–H groups in total. The van der Waals surface area contributed by atoms with E-state index >= 15 is 0 Å². The number of rotatable bonds is 6. The summed E-state index contributed by atoms with van der Waals surface area (Å²) in [4.78, 5) is 16.4. The molecule has 1 amide bonds. The van der Waals surface area contributed by atoms with E-state index in [0.29, 0.717) is 11.7 Å². The van der Waals surface area contributed by atoms with Gasteiger partial charge >= 0.3 is 0 Å². The molecule has 1 aromatic heterocycles. The van der Waals surface area contributed by atoms with Crippen LogP contribution in [-0.4, -0.2) is 22.7 Å². The summed E-state index contributed by atoms with van der Waals surface area (Å²) >= 11 is 0. The van der Waals surface area contributed by atoms with Gasteiger partial charge in [0.05, 0.1) is 6.54 Å². The normalized spacial score (nSPS) is 13.0. The molecule has 0 saturated carbocycles. The summed E-state index contributed by atoms with van der Waals surface area (Å²) in [5.41, 5.74) is 3.44. The molecule has 3 aromatic rings. The number of hydrogen-bond donors (Lipinski definition) is 1. The summed E-state index contributed by atoms with van der Waals surface area (Å²) in [6.45, 7) is 0.144. The summed E-state index contributed by atoms with van der Waals surface area (Å²) in [7, 11) is 0. The average Bonchev–Trinajstić information content (AvgIpc) is 3.20. The number of aryl methyl sites for hydroxylation is 1. The van der Waals surface area contributed by atoms with Crippen LogP contribution < -0.4 is 10.1 Å². The molecule has 0 saturated heterocycles. The molecule has 138 valence electrons. The lowest BCUT2D eigenvalue weighted by Crippen LogP contribution is -2.28.